The molecule has 0 aromatic carbocycles. The molecule has 2 aromatic rings. The molecular weight excluding hydrogens is 184 g/mol. The lowest BCUT2D eigenvalue weighted by Gasteiger charge is -1.95. The van der Waals surface area contributed by atoms with Gasteiger partial charge in [0, 0.05) is 23.3 Å². The number of carboxylic acids is 1. The number of carbonyl (C=O) groups excluding carboxylic acids is 1. The number of carboxylic acid groups (broad SMARTS) is 1. The Balaban J connectivity index is 2.88. The second kappa shape index (κ2) is 2.95. The van der Waals surface area contributed by atoms with Gasteiger partial charge in [0.05, 0.1) is 5.52 Å². The molecule has 2 rings (SSSR count). The molecule has 0 radical (unpaired) electrons. The second-order valence-corrected chi connectivity index (χ2v) is 2.75. The van der Waals surface area contributed by atoms with Gasteiger partial charge in [0.25, 0.3) is 0 Å². The predicted octanol–water partition coefficient (Wildman–Crippen LogP) is 1.07. The van der Waals surface area contributed by atoms with E-state index >= 15 is 0 Å². The molecule has 0 aliphatic heterocycles. The molecule has 0 aliphatic rings. The minimum absolute atomic E-state index is 0.106. The number of fused-ring (bicyclic) bond motifs is 1. The molecule has 0 aliphatic carbocycles. The third-order valence-electron chi connectivity index (χ3n) is 1.95. The number of nitrogens with one attached hydrogen (secondary N) is 1. The lowest BCUT2D eigenvalue weighted by atomic mass is 10.1. The monoisotopic (exact) mass is 190 g/mol. The van der Waals surface area contributed by atoms with Gasteiger partial charge in [0.2, 0.25) is 0 Å². The number of nitrogens with zero attached hydrogens (tertiary/aromatic N) is 1. The lowest BCUT2D eigenvalue weighted by molar-refractivity contribution is 0.0693. The number of hydrogen-bond acceptors (Lipinski definition) is 3. The third kappa shape index (κ3) is 1.06. The fourth-order valence-electron chi connectivity index (χ4n) is 1.36. The lowest BCUT2D eigenvalue weighted by Crippen LogP contribution is -2.01. The van der Waals surface area contributed by atoms with Crippen LogP contribution in [0, 0.1) is 0 Å². The van der Waals surface area contributed by atoms with Crippen LogP contribution in [-0.2, 0) is 0 Å². The number of pyridine rings is 1. The van der Waals surface area contributed by atoms with Crippen LogP contribution in [0.25, 0.3) is 10.9 Å². The van der Waals surface area contributed by atoms with Crippen molar-refractivity contribution in [1.29, 1.82) is 0 Å². The van der Waals surface area contributed by atoms with Crippen molar-refractivity contribution in [2.75, 3.05) is 0 Å². The van der Waals surface area contributed by atoms with Crippen LogP contribution in [-0.4, -0.2) is 27.3 Å². The van der Waals surface area contributed by atoms with Crippen molar-refractivity contribution in [3.63, 3.8) is 0 Å². The molecule has 2 aromatic heterocycles. The van der Waals surface area contributed by atoms with Gasteiger partial charge in [0.1, 0.15) is 0 Å². The third-order valence-corrected chi connectivity index (χ3v) is 1.95. The second-order valence-electron chi connectivity index (χ2n) is 2.75. The molecule has 0 fully saturated rings. The molecule has 0 amide bonds. The van der Waals surface area contributed by atoms with Gasteiger partial charge < -0.3 is 10.1 Å². The number of hydrogen-bond donors (Lipinski definition) is 2. The van der Waals surface area contributed by atoms with Gasteiger partial charge >= 0.3 is 5.97 Å². The molecular formula is C9H6N2O3. The predicted molar refractivity (Wildman–Crippen MR) is 48.4 cm³/mol. The van der Waals surface area contributed by atoms with E-state index < -0.39 is 5.97 Å². The van der Waals surface area contributed by atoms with Crippen LogP contribution < -0.4 is 0 Å². The first kappa shape index (κ1) is 8.43. The smallest absolute Gasteiger partial charge is 0.355 e. The maximum absolute atomic E-state index is 10.8. The first-order valence-electron chi connectivity index (χ1n) is 3.88. The van der Waals surface area contributed by atoms with E-state index in [1.807, 2.05) is 0 Å². The van der Waals surface area contributed by atoms with E-state index in [0.29, 0.717) is 22.8 Å². The molecule has 0 spiro atoms. The van der Waals surface area contributed by atoms with E-state index in [1.54, 1.807) is 6.07 Å². The summed E-state index contributed by atoms with van der Waals surface area (Å²) < 4.78 is 0. The zero-order valence-electron chi connectivity index (χ0n) is 7.02. The summed E-state index contributed by atoms with van der Waals surface area (Å²) in [6.07, 6.45) is 3.45. The van der Waals surface area contributed by atoms with Crippen LogP contribution in [0.5, 0.6) is 0 Å². The summed E-state index contributed by atoms with van der Waals surface area (Å²) in [5.41, 5.74) is 0.802. The Morgan fingerprint density at radius 3 is 3.00 bits per heavy atom. The Morgan fingerprint density at radius 1 is 1.57 bits per heavy atom. The van der Waals surface area contributed by atoms with Gasteiger partial charge in [-0.1, -0.05) is 0 Å². The maximum atomic E-state index is 10.8. The molecule has 70 valence electrons. The topological polar surface area (TPSA) is 83.0 Å². The maximum Gasteiger partial charge on any atom is 0.355 e. The molecule has 0 unspecified atom stereocenters. The highest BCUT2D eigenvalue weighted by Gasteiger charge is 2.14. The van der Waals surface area contributed by atoms with Crippen LogP contribution in [0.2, 0.25) is 0 Å². The summed E-state index contributed by atoms with van der Waals surface area (Å²) in [5.74, 6) is -1.14. The first-order chi connectivity index (χ1) is 6.74. The largest absolute Gasteiger partial charge is 0.476 e. The number of aromatic nitrogens is 2. The van der Waals surface area contributed by atoms with Crippen molar-refractivity contribution in [2.45, 2.75) is 0 Å². The summed E-state index contributed by atoms with van der Waals surface area (Å²) in [7, 11) is 0. The van der Waals surface area contributed by atoms with Gasteiger partial charge in [-0.3, -0.25) is 4.79 Å². The van der Waals surface area contributed by atoms with Crippen LogP contribution >= 0.6 is 0 Å². The molecule has 0 bridgehead atoms. The number of H-pyrrole nitrogens is 1. The van der Waals surface area contributed by atoms with Crippen molar-refractivity contribution in [2.24, 2.45) is 0 Å². The number of carbonyl (C=O) groups is 2. The Bertz CT molecular complexity index is 516. The van der Waals surface area contributed by atoms with Crippen molar-refractivity contribution in [3.8, 4) is 0 Å². The number of aromatic amines is 1. The normalized spacial score (nSPS) is 10.3. The fourth-order valence-corrected chi connectivity index (χ4v) is 1.36. The summed E-state index contributed by atoms with van der Waals surface area (Å²) in [6.45, 7) is 0. The van der Waals surface area contributed by atoms with E-state index in [4.69, 9.17) is 5.11 Å². The summed E-state index contributed by atoms with van der Waals surface area (Å²) in [4.78, 5) is 27.9. The molecule has 0 atom stereocenters. The Hall–Kier alpha value is -2.17. The number of rotatable bonds is 2. The van der Waals surface area contributed by atoms with E-state index in [9.17, 15) is 9.59 Å². The number of aromatic carboxylic acids is 1. The van der Waals surface area contributed by atoms with Gasteiger partial charge in [-0.2, -0.15) is 0 Å². The minimum Gasteiger partial charge on any atom is -0.476 e. The van der Waals surface area contributed by atoms with Gasteiger partial charge in [-0.25, -0.2) is 9.78 Å². The highest BCUT2D eigenvalue weighted by Crippen LogP contribution is 2.19. The summed E-state index contributed by atoms with van der Waals surface area (Å²) in [5, 5.41) is 9.19. The standard InChI is InChI=1S/C9H6N2O3/c12-4-5-3-11-6-1-2-10-8(7(5)6)9(13)14/h1-4,11H,(H,13,14). The van der Waals surface area contributed by atoms with E-state index in [0.717, 1.165) is 0 Å². The van der Waals surface area contributed by atoms with E-state index in [2.05, 4.69) is 9.97 Å². The van der Waals surface area contributed by atoms with E-state index in [-0.39, 0.29) is 5.69 Å². The highest BCUT2D eigenvalue weighted by atomic mass is 16.4. The molecule has 5 nitrogen and oxygen atoms in total. The van der Waals surface area contributed by atoms with E-state index in [1.165, 1.54) is 12.4 Å². The van der Waals surface area contributed by atoms with Gasteiger partial charge in [-0.15, -0.1) is 0 Å². The van der Waals surface area contributed by atoms with Crippen LogP contribution in [0.4, 0.5) is 0 Å². The van der Waals surface area contributed by atoms with Gasteiger partial charge in [-0.05, 0) is 6.07 Å². The van der Waals surface area contributed by atoms with Crippen molar-refractivity contribution in [1.82, 2.24) is 9.97 Å². The molecule has 0 saturated carbocycles. The average Bonchev–Trinajstić information content (AvgIpc) is 2.59. The summed E-state index contributed by atoms with van der Waals surface area (Å²) in [6, 6.07) is 1.62. The van der Waals surface area contributed by atoms with Crippen molar-refractivity contribution >= 4 is 23.2 Å². The van der Waals surface area contributed by atoms with Crippen LogP contribution in [0.15, 0.2) is 18.5 Å². The number of aldehydes is 1. The Morgan fingerprint density at radius 2 is 2.36 bits per heavy atom. The van der Waals surface area contributed by atoms with Crippen molar-refractivity contribution < 1.29 is 14.7 Å². The first-order valence-corrected chi connectivity index (χ1v) is 3.88. The SMILES string of the molecule is O=Cc1c[nH]c2ccnc(C(=O)O)c12. The molecule has 2 heterocycles. The fraction of sp³-hybridized carbons (Fsp3) is 0. The van der Waals surface area contributed by atoms with Crippen molar-refractivity contribution in [3.05, 3.63) is 29.7 Å². The molecule has 0 saturated heterocycles. The highest BCUT2D eigenvalue weighted by molar-refractivity contribution is 6.07. The Labute approximate surface area is 78.4 Å². The summed E-state index contributed by atoms with van der Waals surface area (Å²) >= 11 is 0. The zero-order valence-corrected chi connectivity index (χ0v) is 7.02. The van der Waals surface area contributed by atoms with Crippen LogP contribution in [0.3, 0.4) is 0 Å². The zero-order chi connectivity index (χ0) is 10.1. The van der Waals surface area contributed by atoms with Gasteiger partial charge in [0.15, 0.2) is 12.0 Å². The molecule has 14 heavy (non-hydrogen) atoms. The minimum atomic E-state index is -1.14. The molecule has 2 N–H and O–H groups in total. The molecule has 5 heteroatoms. The van der Waals surface area contributed by atoms with Crippen LogP contribution in [0.1, 0.15) is 20.8 Å². The quantitative estimate of drug-likeness (QED) is 0.694. The average molecular weight is 190 g/mol. The Kier molecular flexibility index (Phi) is 1.78.